The maximum absolute atomic E-state index is 14.3. The minimum atomic E-state index is -2.66. The molecule has 0 spiro atoms. The molecule has 14 heteroatoms. The Labute approximate surface area is 322 Å². The summed E-state index contributed by atoms with van der Waals surface area (Å²) in [5.41, 5.74) is 2.77. The summed E-state index contributed by atoms with van der Waals surface area (Å²) >= 11 is 0. The van der Waals surface area contributed by atoms with E-state index in [0.29, 0.717) is 28.6 Å². The Morgan fingerprint density at radius 2 is 1.55 bits per heavy atom. The predicted molar refractivity (Wildman–Crippen MR) is 209 cm³/mol. The lowest BCUT2D eigenvalue weighted by Gasteiger charge is -2.26. The van der Waals surface area contributed by atoms with Crippen molar-refractivity contribution in [3.63, 3.8) is 0 Å². The van der Waals surface area contributed by atoms with Crippen LogP contribution >= 0.6 is 8.00 Å². The van der Waals surface area contributed by atoms with Crippen LogP contribution < -0.4 is 26.2 Å². The summed E-state index contributed by atoms with van der Waals surface area (Å²) in [6.45, 7) is 3.75. The fourth-order valence-electron chi connectivity index (χ4n) is 5.65. The number of alkyl carbamates (subject to hydrolysis) is 1. The lowest BCUT2D eigenvalue weighted by molar-refractivity contribution is -0.178. The maximum Gasteiger partial charge on any atom is 0.408 e. The number of aromatic nitrogens is 2. The molecule has 0 saturated heterocycles. The summed E-state index contributed by atoms with van der Waals surface area (Å²) in [7, 11) is -2.66. The third-order valence-corrected chi connectivity index (χ3v) is 9.75. The molecule has 4 aromatic carbocycles. The first kappa shape index (κ1) is 38.8. The standard InChI is InChI=1S/C41H45N6O7P/c1-3-28(2)40(54-55(52)26-37(48)43-23-29-13-6-4-7-14-29)47-39(50)36(22-33-24-42-27-44-33)45-38(49)35(46-41(51)53-25-30-15-8-5-9-16-30)21-32-19-12-18-31-17-10-11-20-34(31)32/h4-20,24,26-28,35-36,40H,3,21-23,25H2,1-2H3,(H,42,44)(H,43,48)(H,45,49)(H,46,51)(H,47,50)/t28?,35-,36+,40?/m1/s1/i/hD. The molecule has 0 fully saturated rings. The van der Waals surface area contributed by atoms with Crippen LogP contribution in [0.2, 0.25) is 1.41 Å². The van der Waals surface area contributed by atoms with Crippen molar-refractivity contribution in [3.8, 4) is 0 Å². The van der Waals surface area contributed by atoms with Crippen LogP contribution in [0.25, 0.3) is 10.8 Å². The van der Waals surface area contributed by atoms with Crippen molar-refractivity contribution in [1.82, 2.24) is 31.2 Å². The highest BCUT2D eigenvalue weighted by atomic mass is 31.1. The second kappa shape index (κ2) is 20.5. The predicted octanol–water partition coefficient (Wildman–Crippen LogP) is 4.42. The molecule has 5 aromatic rings. The summed E-state index contributed by atoms with van der Waals surface area (Å²) in [5.74, 6) is -1.53. The molecule has 3 unspecified atom stereocenters. The summed E-state index contributed by atoms with van der Waals surface area (Å²) in [6.07, 6.45) is 1.15. The van der Waals surface area contributed by atoms with Gasteiger partial charge in [0.05, 0.1) is 6.33 Å². The van der Waals surface area contributed by atoms with Gasteiger partial charge in [0.25, 0.3) is 5.91 Å². The quantitative estimate of drug-likeness (QED) is 0.0641. The van der Waals surface area contributed by atoms with Gasteiger partial charge in [0.1, 0.15) is 18.7 Å². The number of imidazole rings is 1. The molecule has 286 valence electrons. The molecule has 4 amide bonds. The van der Waals surface area contributed by atoms with Gasteiger partial charge in [0, 0.05) is 37.2 Å². The number of H-pyrrole nitrogens is 1. The number of amides is 4. The van der Waals surface area contributed by atoms with Gasteiger partial charge in [-0.1, -0.05) is 117 Å². The Morgan fingerprint density at radius 3 is 2.25 bits per heavy atom. The number of ether oxygens (including phenoxy) is 1. The number of benzene rings is 4. The monoisotopic (exact) mass is 765 g/mol. The van der Waals surface area contributed by atoms with Gasteiger partial charge in [0.2, 0.25) is 25.6 Å². The molecule has 0 bridgehead atoms. The van der Waals surface area contributed by atoms with Gasteiger partial charge in [0.15, 0.2) is 7.64 Å². The van der Waals surface area contributed by atoms with Crippen molar-refractivity contribution in [2.75, 3.05) is 0 Å². The Balaban J connectivity index is 1.35. The zero-order chi connectivity index (χ0) is 39.9. The largest absolute Gasteiger partial charge is 0.603 e. The molecule has 0 aliphatic heterocycles. The Bertz CT molecular complexity index is 2080. The topological polar surface area (TPSA) is 187 Å². The molecular weight excluding hydrogens is 719 g/mol. The number of nitrogens with zero attached hydrogens (tertiary/aromatic N) is 1. The summed E-state index contributed by atoms with van der Waals surface area (Å²) in [5, 5.41) is 10.4. The normalized spacial score (nSPS) is 13.8. The van der Waals surface area contributed by atoms with Crippen molar-refractivity contribution in [2.24, 2.45) is 5.92 Å². The average Bonchev–Trinajstić information content (AvgIpc) is 3.74. The smallest absolute Gasteiger partial charge is 0.408 e. The number of nitrogens with one attached hydrogen (secondary N) is 5. The molecule has 0 radical (unpaired) electrons. The Morgan fingerprint density at radius 1 is 0.873 bits per heavy atom. The van der Waals surface area contributed by atoms with E-state index in [1.54, 1.807) is 31.2 Å². The Kier molecular flexibility index (Phi) is 14.5. The second-order valence-electron chi connectivity index (χ2n) is 12.9. The second-order valence-corrected chi connectivity index (χ2v) is 13.9. The fourth-order valence-corrected chi connectivity index (χ4v) is 6.48. The number of carbonyl (C=O) groups is 4. The minimum absolute atomic E-state index is 0.0532. The van der Waals surface area contributed by atoms with Gasteiger partial charge >= 0.3 is 6.09 Å². The van der Waals surface area contributed by atoms with E-state index in [0.717, 1.165) is 22.1 Å². The molecule has 0 aliphatic rings. The Hall–Kier alpha value is -5.88. The van der Waals surface area contributed by atoms with Crippen LogP contribution in [0.3, 0.4) is 0 Å². The first-order valence-corrected chi connectivity index (χ1v) is 19.2. The van der Waals surface area contributed by atoms with E-state index in [1.807, 2.05) is 85.8 Å². The SMILES string of the molecule is [2H]N(C(=O)OCc1ccccc1)[C@H](Cc1cccc2ccccc12)C(=O)N[C@@H](Cc1cnc[nH]1)C(=O)NC(O[P+]([O-])=CC(=O)NCc1ccccc1)C(C)CC. The first-order chi connectivity index (χ1) is 27.1. The summed E-state index contributed by atoms with van der Waals surface area (Å²) in [6, 6.07) is 28.6. The highest BCUT2D eigenvalue weighted by molar-refractivity contribution is 7.47. The van der Waals surface area contributed by atoms with Gasteiger partial charge in [-0.2, -0.15) is 4.52 Å². The van der Waals surface area contributed by atoms with Crippen LogP contribution in [0, 0.1) is 5.92 Å². The van der Waals surface area contributed by atoms with E-state index in [-0.39, 0.29) is 31.9 Å². The summed E-state index contributed by atoms with van der Waals surface area (Å²) in [4.78, 5) is 74.1. The summed E-state index contributed by atoms with van der Waals surface area (Å²) < 4.78 is 20.0. The zero-order valence-electron chi connectivity index (χ0n) is 31.6. The van der Waals surface area contributed by atoms with Crippen LogP contribution in [0.4, 0.5) is 4.79 Å². The molecule has 5 rings (SSSR count). The molecule has 0 aliphatic carbocycles. The molecule has 13 nitrogen and oxygen atoms in total. The van der Waals surface area contributed by atoms with Crippen molar-refractivity contribution in [2.45, 2.75) is 64.6 Å². The number of hydrogen-bond acceptors (Lipinski definition) is 8. The average molecular weight is 766 g/mol. The van der Waals surface area contributed by atoms with Crippen LogP contribution in [-0.2, 0) is 49.6 Å². The molecule has 1 heterocycles. The van der Waals surface area contributed by atoms with E-state index in [4.69, 9.17) is 10.7 Å². The van der Waals surface area contributed by atoms with E-state index >= 15 is 0 Å². The number of fused-ring (bicyclic) bond motifs is 1. The van der Waals surface area contributed by atoms with E-state index < -0.39 is 50.1 Å². The highest BCUT2D eigenvalue weighted by Crippen LogP contribution is 2.22. The van der Waals surface area contributed by atoms with Crippen molar-refractivity contribution in [1.29, 1.82) is 0 Å². The first-order valence-electron chi connectivity index (χ1n) is 18.4. The number of carbonyl (C=O) groups excluding carboxylic acids is 4. The van der Waals surface area contributed by atoms with Crippen LogP contribution in [0.1, 0.15) is 42.7 Å². The lowest BCUT2D eigenvalue weighted by atomic mass is 9.98. The van der Waals surface area contributed by atoms with Gasteiger partial charge in [-0.3, -0.25) is 14.4 Å². The van der Waals surface area contributed by atoms with E-state index in [2.05, 4.69) is 25.9 Å². The molecule has 1 aromatic heterocycles. The zero-order valence-corrected chi connectivity index (χ0v) is 31.5. The van der Waals surface area contributed by atoms with Gasteiger partial charge in [-0.25, -0.2) is 9.78 Å². The van der Waals surface area contributed by atoms with Crippen molar-refractivity contribution >= 4 is 48.4 Å². The molecule has 55 heavy (non-hydrogen) atoms. The van der Waals surface area contributed by atoms with Gasteiger partial charge < -0.3 is 35.9 Å². The van der Waals surface area contributed by atoms with E-state index in [9.17, 15) is 24.1 Å². The van der Waals surface area contributed by atoms with E-state index in [1.165, 1.54) is 12.5 Å². The van der Waals surface area contributed by atoms with Crippen molar-refractivity contribution < 1.29 is 34.7 Å². The molecule has 5 N–H and O–H groups in total. The van der Waals surface area contributed by atoms with Crippen LogP contribution in [0.15, 0.2) is 116 Å². The number of aromatic amines is 1. The van der Waals surface area contributed by atoms with Crippen molar-refractivity contribution in [3.05, 3.63) is 138 Å². The van der Waals surface area contributed by atoms with Gasteiger partial charge in [-0.05, 0) is 33.9 Å². The van der Waals surface area contributed by atoms with Crippen LogP contribution in [0.5, 0.6) is 0 Å². The van der Waals surface area contributed by atoms with Crippen LogP contribution in [-0.4, -0.2) is 57.9 Å². The molecule has 5 atom stereocenters. The fraction of sp³-hybridized carbons (Fsp3) is 0.268. The minimum Gasteiger partial charge on any atom is -0.603 e. The van der Waals surface area contributed by atoms with Gasteiger partial charge in [-0.15, -0.1) is 0 Å². The molecule has 0 saturated carbocycles. The lowest BCUT2D eigenvalue weighted by Crippen LogP contribution is -2.57. The third-order valence-electron chi connectivity index (χ3n) is 8.87. The number of rotatable bonds is 18. The molecular formula is C41H45N6O7P. The third kappa shape index (κ3) is 12.6. The maximum atomic E-state index is 14.3. The highest BCUT2D eigenvalue weighted by Gasteiger charge is 2.32. The number of hydrogen-bond donors (Lipinski definition) is 5.